The fraction of sp³-hybridized carbons (Fsp3) is 0.545. The van der Waals surface area contributed by atoms with Crippen LogP contribution in [0.2, 0.25) is 0 Å². The molecule has 3 atom stereocenters. The molecule has 0 N–H and O–H groups in total. The summed E-state index contributed by atoms with van der Waals surface area (Å²) in [5.74, 6) is -0.585. The fourth-order valence-corrected chi connectivity index (χ4v) is 3.57. The maximum Gasteiger partial charge on any atom is 0.334 e. The lowest BCUT2D eigenvalue weighted by atomic mass is 9.88. The molecular formula is C22H30O4. The van der Waals surface area contributed by atoms with E-state index in [0.29, 0.717) is 12.0 Å². The fourth-order valence-electron chi connectivity index (χ4n) is 3.57. The SMILES string of the molecule is C=C1C(=O)O[C@H]2/C=C(/C)C[C@H](OC(C)=O)/C=C(/C)CC/C=C(/C)CC[C@H]12. The lowest BCUT2D eigenvalue weighted by Gasteiger charge is -2.19. The van der Waals surface area contributed by atoms with Crippen LogP contribution in [0.15, 0.2) is 47.1 Å². The molecule has 4 nitrogen and oxygen atoms in total. The molecule has 0 bridgehead atoms. The third-order valence-electron chi connectivity index (χ3n) is 4.99. The van der Waals surface area contributed by atoms with Gasteiger partial charge in [0.05, 0.1) is 0 Å². The molecule has 4 heteroatoms. The highest BCUT2D eigenvalue weighted by Crippen LogP contribution is 2.33. The van der Waals surface area contributed by atoms with Gasteiger partial charge in [-0.25, -0.2) is 4.79 Å². The molecule has 0 unspecified atom stereocenters. The standard InChI is InChI=1S/C22H30O4/c1-14-7-6-8-15(2)11-19(25-18(5)23)12-16(3)13-21-20(10-9-14)17(4)22(24)26-21/h7,11,13,19-21H,4,6,8-10,12H2,1-3,5H3/b14-7-,15-11-,16-13-/t19-,20-,21+/m1/s1. The first kappa shape index (κ1) is 20.2. The molecule has 0 aromatic carbocycles. The van der Waals surface area contributed by atoms with E-state index in [9.17, 15) is 9.59 Å². The van der Waals surface area contributed by atoms with Crippen molar-refractivity contribution in [1.29, 1.82) is 0 Å². The van der Waals surface area contributed by atoms with E-state index in [1.54, 1.807) is 0 Å². The van der Waals surface area contributed by atoms with E-state index in [0.717, 1.165) is 31.3 Å². The number of ether oxygens (including phenoxy) is 2. The number of hydrogen-bond donors (Lipinski definition) is 0. The summed E-state index contributed by atoms with van der Waals surface area (Å²) in [6.07, 6.45) is 9.98. The smallest absolute Gasteiger partial charge is 0.334 e. The average molecular weight is 358 g/mol. The molecule has 1 fully saturated rings. The topological polar surface area (TPSA) is 52.6 Å². The number of allylic oxidation sites excluding steroid dienone is 3. The molecule has 0 aromatic rings. The van der Waals surface area contributed by atoms with Crippen LogP contribution in [-0.4, -0.2) is 24.1 Å². The van der Waals surface area contributed by atoms with Gasteiger partial charge < -0.3 is 9.47 Å². The van der Waals surface area contributed by atoms with Crippen molar-refractivity contribution in [3.63, 3.8) is 0 Å². The van der Waals surface area contributed by atoms with Crippen LogP contribution in [0.5, 0.6) is 0 Å². The summed E-state index contributed by atoms with van der Waals surface area (Å²) in [6.45, 7) is 11.6. The van der Waals surface area contributed by atoms with E-state index in [2.05, 4.69) is 26.5 Å². The zero-order chi connectivity index (χ0) is 19.3. The van der Waals surface area contributed by atoms with Gasteiger partial charge in [-0.05, 0) is 58.6 Å². The van der Waals surface area contributed by atoms with Crippen LogP contribution in [0.25, 0.3) is 0 Å². The van der Waals surface area contributed by atoms with Gasteiger partial charge in [-0.1, -0.05) is 29.4 Å². The molecule has 0 amide bonds. The van der Waals surface area contributed by atoms with Crippen molar-refractivity contribution in [2.45, 2.75) is 72.0 Å². The molecule has 0 aromatic heterocycles. The molecule has 1 saturated heterocycles. The van der Waals surface area contributed by atoms with E-state index >= 15 is 0 Å². The average Bonchev–Trinajstić information content (AvgIpc) is 2.77. The zero-order valence-corrected chi connectivity index (χ0v) is 16.3. The summed E-state index contributed by atoms with van der Waals surface area (Å²) < 4.78 is 11.0. The Labute approximate surface area is 156 Å². The van der Waals surface area contributed by atoms with Crippen LogP contribution >= 0.6 is 0 Å². The molecule has 1 aliphatic heterocycles. The van der Waals surface area contributed by atoms with Gasteiger partial charge in [-0.15, -0.1) is 0 Å². The maximum absolute atomic E-state index is 12.0. The van der Waals surface area contributed by atoms with Gasteiger partial charge in [0.25, 0.3) is 0 Å². The second-order valence-electron chi connectivity index (χ2n) is 7.51. The van der Waals surface area contributed by atoms with Crippen molar-refractivity contribution in [3.8, 4) is 0 Å². The first-order valence-corrected chi connectivity index (χ1v) is 9.33. The highest BCUT2D eigenvalue weighted by Gasteiger charge is 2.37. The predicted molar refractivity (Wildman–Crippen MR) is 102 cm³/mol. The molecule has 2 aliphatic rings. The highest BCUT2D eigenvalue weighted by atomic mass is 16.6. The summed E-state index contributed by atoms with van der Waals surface area (Å²) in [6, 6.07) is 0. The van der Waals surface area contributed by atoms with Crippen molar-refractivity contribution in [1.82, 2.24) is 0 Å². The van der Waals surface area contributed by atoms with Crippen molar-refractivity contribution in [2.24, 2.45) is 5.92 Å². The molecule has 0 saturated carbocycles. The van der Waals surface area contributed by atoms with Gasteiger partial charge in [0.1, 0.15) is 12.2 Å². The second kappa shape index (κ2) is 9.02. The predicted octanol–water partition coefficient (Wildman–Crippen LogP) is 4.82. The van der Waals surface area contributed by atoms with E-state index in [1.807, 2.05) is 19.1 Å². The molecule has 1 aliphatic carbocycles. The quantitative estimate of drug-likeness (QED) is 0.383. The van der Waals surface area contributed by atoms with E-state index in [-0.39, 0.29) is 30.1 Å². The first-order chi connectivity index (χ1) is 12.3. The summed E-state index contributed by atoms with van der Waals surface area (Å²) in [7, 11) is 0. The van der Waals surface area contributed by atoms with Crippen molar-refractivity contribution < 1.29 is 19.1 Å². The van der Waals surface area contributed by atoms with Gasteiger partial charge >= 0.3 is 11.9 Å². The van der Waals surface area contributed by atoms with Crippen molar-refractivity contribution in [2.75, 3.05) is 0 Å². The van der Waals surface area contributed by atoms with Crippen LogP contribution in [0.4, 0.5) is 0 Å². The third-order valence-corrected chi connectivity index (χ3v) is 4.99. The van der Waals surface area contributed by atoms with Crippen LogP contribution in [0, 0.1) is 5.92 Å². The number of fused-ring (bicyclic) bond motifs is 1. The number of carbonyl (C=O) groups excluding carboxylic acids is 2. The highest BCUT2D eigenvalue weighted by molar-refractivity contribution is 5.91. The minimum Gasteiger partial charge on any atom is -0.458 e. The Hall–Kier alpha value is -2.10. The van der Waals surface area contributed by atoms with Gasteiger partial charge in [0.2, 0.25) is 0 Å². The van der Waals surface area contributed by atoms with Crippen LogP contribution in [0.3, 0.4) is 0 Å². The van der Waals surface area contributed by atoms with E-state index < -0.39 is 0 Å². The van der Waals surface area contributed by atoms with Gasteiger partial charge in [0, 0.05) is 24.8 Å². The number of rotatable bonds is 1. The Kier molecular flexibility index (Phi) is 7.01. The normalized spacial score (nSPS) is 34.2. The number of esters is 2. The second-order valence-corrected chi connectivity index (χ2v) is 7.51. The van der Waals surface area contributed by atoms with Gasteiger partial charge in [-0.2, -0.15) is 0 Å². The minimum absolute atomic E-state index is 0.00759. The number of hydrogen-bond acceptors (Lipinski definition) is 4. The molecule has 142 valence electrons. The van der Waals surface area contributed by atoms with Crippen LogP contribution < -0.4 is 0 Å². The van der Waals surface area contributed by atoms with Crippen LogP contribution in [-0.2, 0) is 19.1 Å². The molecule has 0 spiro atoms. The molecule has 2 rings (SSSR count). The van der Waals surface area contributed by atoms with Crippen molar-refractivity contribution >= 4 is 11.9 Å². The summed E-state index contributed by atoms with van der Waals surface area (Å²) in [4.78, 5) is 23.4. The Morgan fingerprint density at radius 3 is 2.58 bits per heavy atom. The van der Waals surface area contributed by atoms with Gasteiger partial charge in [-0.3, -0.25) is 4.79 Å². The lowest BCUT2D eigenvalue weighted by Crippen LogP contribution is -2.18. The zero-order valence-electron chi connectivity index (χ0n) is 16.3. The third kappa shape index (κ3) is 5.72. The lowest BCUT2D eigenvalue weighted by molar-refractivity contribution is -0.144. The minimum atomic E-state index is -0.303. The van der Waals surface area contributed by atoms with Gasteiger partial charge in [0.15, 0.2) is 0 Å². The molecular weight excluding hydrogens is 328 g/mol. The summed E-state index contributed by atoms with van der Waals surface area (Å²) >= 11 is 0. The summed E-state index contributed by atoms with van der Waals surface area (Å²) in [5, 5.41) is 0. The molecule has 26 heavy (non-hydrogen) atoms. The first-order valence-electron chi connectivity index (χ1n) is 9.33. The van der Waals surface area contributed by atoms with Crippen molar-refractivity contribution in [3.05, 3.63) is 47.1 Å². The number of carbonyl (C=O) groups is 2. The van der Waals surface area contributed by atoms with E-state index in [1.165, 1.54) is 18.1 Å². The Morgan fingerprint density at radius 2 is 1.88 bits per heavy atom. The van der Waals surface area contributed by atoms with E-state index in [4.69, 9.17) is 9.47 Å². The maximum atomic E-state index is 12.0. The van der Waals surface area contributed by atoms with Crippen LogP contribution in [0.1, 0.15) is 59.8 Å². The summed E-state index contributed by atoms with van der Waals surface area (Å²) in [5.41, 5.74) is 4.13. The molecule has 1 heterocycles. The Morgan fingerprint density at radius 1 is 1.15 bits per heavy atom. The Balaban J connectivity index is 2.30. The largest absolute Gasteiger partial charge is 0.458 e. The Bertz CT molecular complexity index is 666. The molecule has 0 radical (unpaired) electrons. The monoisotopic (exact) mass is 358 g/mol.